The minimum atomic E-state index is -0.151. The van der Waals surface area contributed by atoms with Crippen LogP contribution in [0.1, 0.15) is 12.5 Å². The second kappa shape index (κ2) is 7.26. The second-order valence-electron chi connectivity index (χ2n) is 4.83. The second-order valence-corrected chi connectivity index (χ2v) is 4.83. The molecule has 2 rings (SSSR count). The number of aliphatic imine (C=N–C) groups is 1. The molecule has 0 aliphatic carbocycles. The lowest BCUT2D eigenvalue weighted by Crippen LogP contribution is -2.34. The van der Waals surface area contributed by atoms with Crippen LogP contribution in [0.25, 0.3) is 0 Å². The maximum absolute atomic E-state index is 11.7. The van der Waals surface area contributed by atoms with E-state index in [-0.39, 0.29) is 11.6 Å². The van der Waals surface area contributed by atoms with E-state index < -0.39 is 0 Å². The van der Waals surface area contributed by atoms with Gasteiger partial charge in [-0.15, -0.1) is 0 Å². The van der Waals surface area contributed by atoms with E-state index >= 15 is 0 Å². The van der Waals surface area contributed by atoms with Gasteiger partial charge in [0.05, 0.1) is 18.5 Å². The number of amidine groups is 1. The first-order valence-corrected chi connectivity index (χ1v) is 6.91. The Morgan fingerprint density at radius 2 is 1.68 bits per heavy atom. The molecule has 0 fully saturated rings. The van der Waals surface area contributed by atoms with Gasteiger partial charge in [-0.25, -0.2) is 4.99 Å². The van der Waals surface area contributed by atoms with Crippen molar-refractivity contribution in [3.63, 3.8) is 0 Å². The minimum absolute atomic E-state index is 0.151. The Morgan fingerprint density at radius 1 is 1.05 bits per heavy atom. The zero-order valence-corrected chi connectivity index (χ0v) is 12.9. The first kappa shape index (κ1) is 15.6. The molecular formula is C17H19N3O2. The fourth-order valence-corrected chi connectivity index (χ4v) is 1.75. The number of benzene rings is 2. The predicted molar refractivity (Wildman–Crippen MR) is 88.7 cm³/mol. The van der Waals surface area contributed by atoms with E-state index in [1.807, 2.05) is 55.5 Å². The fraction of sp³-hybridized carbons (Fsp3) is 0.176. The van der Waals surface area contributed by atoms with E-state index in [9.17, 15) is 4.79 Å². The lowest BCUT2D eigenvalue weighted by molar-refractivity contribution is -0.111. The number of ketones is 1. The third-order valence-corrected chi connectivity index (χ3v) is 3.02. The van der Waals surface area contributed by atoms with Gasteiger partial charge in [0.1, 0.15) is 5.75 Å². The molecule has 0 heterocycles. The van der Waals surface area contributed by atoms with Crippen molar-refractivity contribution in [1.82, 2.24) is 5.43 Å². The van der Waals surface area contributed by atoms with Gasteiger partial charge < -0.3 is 4.74 Å². The number of rotatable bonds is 5. The SMILES string of the molecule is COc1ccc(NNC(=Nc2ccc(C)cc2)C(C)=O)cc1. The van der Waals surface area contributed by atoms with Crippen LogP contribution in [-0.4, -0.2) is 18.7 Å². The summed E-state index contributed by atoms with van der Waals surface area (Å²) in [5, 5.41) is 0. The van der Waals surface area contributed by atoms with Gasteiger partial charge in [0, 0.05) is 6.92 Å². The van der Waals surface area contributed by atoms with Crippen LogP contribution < -0.4 is 15.6 Å². The number of hydrazine groups is 1. The van der Waals surface area contributed by atoms with Gasteiger partial charge in [-0.3, -0.25) is 15.6 Å². The molecule has 5 nitrogen and oxygen atoms in total. The smallest absolute Gasteiger partial charge is 0.196 e. The molecule has 0 saturated heterocycles. The molecule has 2 N–H and O–H groups in total. The number of anilines is 1. The maximum Gasteiger partial charge on any atom is 0.196 e. The number of aryl methyl sites for hydroxylation is 1. The van der Waals surface area contributed by atoms with E-state index in [1.54, 1.807) is 7.11 Å². The Hall–Kier alpha value is -2.82. The summed E-state index contributed by atoms with van der Waals surface area (Å²) in [4.78, 5) is 16.0. The van der Waals surface area contributed by atoms with Crippen molar-refractivity contribution in [1.29, 1.82) is 0 Å². The Labute approximate surface area is 130 Å². The first-order valence-electron chi connectivity index (χ1n) is 6.91. The van der Waals surface area contributed by atoms with Crippen LogP contribution in [0.2, 0.25) is 0 Å². The molecule has 0 aliphatic heterocycles. The van der Waals surface area contributed by atoms with Crippen molar-refractivity contribution in [3.05, 3.63) is 54.1 Å². The summed E-state index contributed by atoms with van der Waals surface area (Å²) < 4.78 is 5.10. The van der Waals surface area contributed by atoms with Gasteiger partial charge in [-0.05, 0) is 43.3 Å². The van der Waals surface area contributed by atoms with E-state index in [0.717, 1.165) is 22.7 Å². The molecule has 0 radical (unpaired) electrons. The molecule has 0 spiro atoms. The number of ether oxygens (including phenoxy) is 1. The molecule has 0 amide bonds. The highest BCUT2D eigenvalue weighted by Gasteiger charge is 2.05. The number of Topliss-reactive ketones (excluding diaryl/α,β-unsaturated/α-hetero) is 1. The van der Waals surface area contributed by atoms with Gasteiger partial charge in [0.15, 0.2) is 11.6 Å². The number of methoxy groups -OCH3 is 1. The number of hydrogen-bond donors (Lipinski definition) is 2. The van der Waals surface area contributed by atoms with Crippen LogP contribution in [0.3, 0.4) is 0 Å². The minimum Gasteiger partial charge on any atom is -0.497 e. The summed E-state index contributed by atoms with van der Waals surface area (Å²) >= 11 is 0. The topological polar surface area (TPSA) is 62.7 Å². The van der Waals surface area contributed by atoms with Gasteiger partial charge >= 0.3 is 0 Å². The zero-order valence-electron chi connectivity index (χ0n) is 12.9. The third kappa shape index (κ3) is 4.34. The molecule has 22 heavy (non-hydrogen) atoms. The summed E-state index contributed by atoms with van der Waals surface area (Å²) in [6.07, 6.45) is 0. The Kier molecular flexibility index (Phi) is 5.14. The number of hydrogen-bond acceptors (Lipinski definition) is 4. The first-order chi connectivity index (χ1) is 10.6. The van der Waals surface area contributed by atoms with Crippen molar-refractivity contribution in [2.24, 2.45) is 4.99 Å². The van der Waals surface area contributed by atoms with E-state index in [2.05, 4.69) is 15.8 Å². The average Bonchev–Trinajstić information content (AvgIpc) is 2.53. The number of nitrogens with zero attached hydrogens (tertiary/aromatic N) is 1. The van der Waals surface area contributed by atoms with Crippen LogP contribution in [0.15, 0.2) is 53.5 Å². The molecule has 0 unspecified atom stereocenters. The number of nitrogens with one attached hydrogen (secondary N) is 2. The van der Waals surface area contributed by atoms with Gasteiger partial charge in [0.2, 0.25) is 0 Å². The summed E-state index contributed by atoms with van der Waals surface area (Å²) in [5.74, 6) is 0.868. The molecule has 114 valence electrons. The lowest BCUT2D eigenvalue weighted by atomic mass is 10.2. The highest BCUT2D eigenvalue weighted by molar-refractivity contribution is 6.38. The summed E-state index contributed by atoms with van der Waals surface area (Å²) in [5.41, 5.74) is 8.47. The fourth-order valence-electron chi connectivity index (χ4n) is 1.75. The number of carbonyl (C=O) groups excluding carboxylic acids is 1. The van der Waals surface area contributed by atoms with E-state index in [0.29, 0.717) is 0 Å². The van der Waals surface area contributed by atoms with Gasteiger partial charge in [0.25, 0.3) is 0 Å². The molecule has 0 aromatic heterocycles. The molecule has 2 aromatic rings. The molecule has 0 aliphatic rings. The highest BCUT2D eigenvalue weighted by Crippen LogP contribution is 2.15. The summed E-state index contributed by atoms with van der Waals surface area (Å²) in [6.45, 7) is 3.47. The van der Waals surface area contributed by atoms with Crippen molar-refractivity contribution >= 4 is 23.0 Å². The van der Waals surface area contributed by atoms with Gasteiger partial charge in [-0.1, -0.05) is 17.7 Å². The lowest BCUT2D eigenvalue weighted by Gasteiger charge is -2.11. The summed E-state index contributed by atoms with van der Waals surface area (Å²) in [7, 11) is 1.61. The molecular weight excluding hydrogens is 278 g/mol. The van der Waals surface area contributed by atoms with Crippen LogP contribution in [0.4, 0.5) is 11.4 Å². The van der Waals surface area contributed by atoms with Crippen molar-refractivity contribution < 1.29 is 9.53 Å². The van der Waals surface area contributed by atoms with Crippen LogP contribution in [0, 0.1) is 6.92 Å². The quantitative estimate of drug-likeness (QED) is 0.505. The van der Waals surface area contributed by atoms with Gasteiger partial charge in [-0.2, -0.15) is 0 Å². The van der Waals surface area contributed by atoms with E-state index in [4.69, 9.17) is 4.74 Å². The average molecular weight is 297 g/mol. The normalized spacial score (nSPS) is 11.0. The third-order valence-electron chi connectivity index (χ3n) is 3.02. The van der Waals surface area contributed by atoms with Crippen molar-refractivity contribution in [3.8, 4) is 5.75 Å². The maximum atomic E-state index is 11.7. The molecule has 5 heteroatoms. The molecule has 0 atom stereocenters. The summed E-state index contributed by atoms with van der Waals surface area (Å²) in [6, 6.07) is 15.0. The van der Waals surface area contributed by atoms with Crippen LogP contribution in [0.5, 0.6) is 5.75 Å². The highest BCUT2D eigenvalue weighted by atomic mass is 16.5. The monoisotopic (exact) mass is 297 g/mol. The van der Waals surface area contributed by atoms with Crippen LogP contribution in [-0.2, 0) is 4.79 Å². The van der Waals surface area contributed by atoms with Crippen molar-refractivity contribution in [2.45, 2.75) is 13.8 Å². The Bertz CT molecular complexity index is 661. The molecule has 2 aromatic carbocycles. The largest absolute Gasteiger partial charge is 0.497 e. The van der Waals surface area contributed by atoms with Crippen molar-refractivity contribution in [2.75, 3.05) is 12.5 Å². The van der Waals surface area contributed by atoms with E-state index in [1.165, 1.54) is 6.92 Å². The molecule has 0 bridgehead atoms. The number of carbonyl (C=O) groups is 1. The van der Waals surface area contributed by atoms with Crippen LogP contribution >= 0.6 is 0 Å². The Balaban J connectivity index is 2.08. The zero-order chi connectivity index (χ0) is 15.9. The Morgan fingerprint density at radius 3 is 2.23 bits per heavy atom. The molecule has 0 saturated carbocycles. The predicted octanol–water partition coefficient (Wildman–Crippen LogP) is 3.24. The standard InChI is InChI=1S/C17H19N3O2/c1-12-4-6-14(7-5-12)18-17(13(2)21)20-19-15-8-10-16(22-3)11-9-15/h4-11,19H,1-3H3,(H,18,20).